The first kappa shape index (κ1) is 38.6. The summed E-state index contributed by atoms with van der Waals surface area (Å²) in [6, 6.07) is 85.0. The Labute approximate surface area is 446 Å². The van der Waals surface area contributed by atoms with Gasteiger partial charge in [0.05, 0.1) is 45.6 Å². The van der Waals surface area contributed by atoms with Crippen LogP contribution in [0.4, 0.5) is 0 Å². The smallest absolute Gasteiger partial charge is 0.238 e. The predicted molar refractivity (Wildman–Crippen MR) is 317 cm³/mol. The molecule has 15 rings (SSSR count). The highest BCUT2D eigenvalue weighted by molar-refractivity contribution is 7.19. The van der Waals surface area contributed by atoms with E-state index in [-0.39, 0.29) is 23.2 Å². The topological polar surface area (TPSA) is 53.5 Å². The van der Waals surface area contributed by atoms with Crippen LogP contribution >= 0.6 is 0 Å². The number of hydrogen-bond donors (Lipinski definition) is 0. The van der Waals surface area contributed by atoms with E-state index in [4.69, 9.17) is 19.1 Å². The third-order valence-corrected chi connectivity index (χ3v) is 19.9. The minimum Gasteiger partial charge on any atom is -0.309 e. The maximum absolute atomic E-state index is 9.32. The molecule has 0 N–H and O–H groups in total. The van der Waals surface area contributed by atoms with Gasteiger partial charge in [-0.1, -0.05) is 236 Å². The molecule has 0 fully saturated rings. The fourth-order valence-corrected chi connectivity index (χ4v) is 16.8. The normalized spacial score (nSPS) is 12.9. The second-order valence-electron chi connectivity index (χ2n) is 19.2. The summed E-state index contributed by atoms with van der Waals surface area (Å²) in [4.78, 5) is 15.9. The summed E-state index contributed by atoms with van der Waals surface area (Å²) in [7, 11) is -3.06. The Bertz CT molecular complexity index is 4840. The van der Waals surface area contributed by atoms with Crippen LogP contribution in [0.5, 0.6) is 0 Å². The number of aromatic nitrogens is 6. The molecule has 0 bridgehead atoms. The molecular formula is C69H46N6Si. The van der Waals surface area contributed by atoms with Crippen LogP contribution in [0.15, 0.2) is 279 Å². The number of fused-ring (bicyclic) bond motifs is 9. The van der Waals surface area contributed by atoms with Gasteiger partial charge in [-0.15, -0.1) is 0 Å². The van der Waals surface area contributed by atoms with Crippen LogP contribution in [-0.4, -0.2) is 36.7 Å². The maximum Gasteiger partial charge on any atom is 0.238 e. The fraction of sp³-hybridized carbons (Fsp3) is 0. The molecule has 0 aliphatic rings. The van der Waals surface area contributed by atoms with Crippen molar-refractivity contribution >= 4 is 94.2 Å². The molecule has 356 valence electrons. The van der Waals surface area contributed by atoms with E-state index in [0.717, 1.165) is 71.2 Å². The molecule has 11 aromatic carbocycles. The van der Waals surface area contributed by atoms with Crippen LogP contribution in [0.1, 0.15) is 6.85 Å². The third-order valence-electron chi connectivity index (χ3n) is 15.1. The molecule has 0 saturated heterocycles. The maximum atomic E-state index is 9.32. The van der Waals surface area contributed by atoms with Crippen LogP contribution < -0.4 is 20.7 Å². The van der Waals surface area contributed by atoms with Gasteiger partial charge in [0.15, 0.2) is 19.7 Å². The molecule has 0 amide bonds. The first-order chi connectivity index (χ1) is 39.8. The molecule has 0 saturated carbocycles. The average Bonchev–Trinajstić information content (AvgIpc) is 4.39. The van der Waals surface area contributed by atoms with Gasteiger partial charge in [0.2, 0.25) is 5.95 Å². The van der Waals surface area contributed by atoms with Gasteiger partial charge in [0.1, 0.15) is 0 Å². The van der Waals surface area contributed by atoms with Crippen LogP contribution in [-0.2, 0) is 0 Å². The molecule has 0 spiro atoms. The quantitative estimate of drug-likeness (QED) is 0.107. The van der Waals surface area contributed by atoms with Gasteiger partial charge in [-0.2, -0.15) is 9.97 Å². The summed E-state index contributed by atoms with van der Waals surface area (Å²) in [5.74, 6) is 0.443. The van der Waals surface area contributed by atoms with Crippen LogP contribution in [0, 0.1) is 0 Å². The van der Waals surface area contributed by atoms with Crippen molar-refractivity contribution in [2.45, 2.75) is 0 Å². The molecule has 0 radical (unpaired) electrons. The van der Waals surface area contributed by atoms with E-state index in [2.05, 4.69) is 220 Å². The van der Waals surface area contributed by atoms with E-state index in [0.29, 0.717) is 5.56 Å². The lowest BCUT2D eigenvalue weighted by Gasteiger charge is -2.34. The van der Waals surface area contributed by atoms with Gasteiger partial charge in [-0.25, -0.2) is 4.98 Å². The highest BCUT2D eigenvalue weighted by atomic mass is 28.3. The summed E-state index contributed by atoms with van der Waals surface area (Å²) in [6.45, 7) is 0. The molecule has 4 heterocycles. The standard InChI is InChI=1S/C69H46N6Si/c1-5-23-47(24-6-1)67-70-68(48-25-21-32-53(45-48)76(50-26-7-2-8-27-50,51-28-9-3-10-29-51)52-30-11-4-12-31-52)72-69(71-67)75-63-41-20-16-36-57(63)59-37-22-42-64(66(59)75)74-62-40-19-15-35-56(62)58-44-43-49(46-65(58)74)73-60-38-17-13-33-54(60)55-34-14-18-39-61(55)73/h1-46H/i1D,5D,6D,23D,24D. The summed E-state index contributed by atoms with van der Waals surface area (Å²) in [5, 5.41) is 11.1. The van der Waals surface area contributed by atoms with Gasteiger partial charge in [0.25, 0.3) is 0 Å². The summed E-state index contributed by atoms with van der Waals surface area (Å²) in [6.07, 6.45) is 0. The molecule has 0 aliphatic heterocycles. The number of nitrogens with zero attached hydrogens (tertiary/aromatic N) is 6. The van der Waals surface area contributed by atoms with Crippen molar-refractivity contribution in [1.82, 2.24) is 28.7 Å². The minimum atomic E-state index is -3.06. The Morgan fingerprint density at radius 1 is 0.316 bits per heavy atom. The van der Waals surface area contributed by atoms with Crippen molar-refractivity contribution < 1.29 is 6.85 Å². The van der Waals surface area contributed by atoms with Gasteiger partial charge in [-0.3, -0.25) is 4.57 Å². The molecule has 6 nitrogen and oxygen atoms in total. The second-order valence-corrected chi connectivity index (χ2v) is 23.0. The van der Waals surface area contributed by atoms with Crippen molar-refractivity contribution in [2.75, 3.05) is 0 Å². The van der Waals surface area contributed by atoms with Crippen molar-refractivity contribution in [2.24, 2.45) is 0 Å². The van der Waals surface area contributed by atoms with E-state index in [9.17, 15) is 2.74 Å². The van der Waals surface area contributed by atoms with Gasteiger partial charge in [0, 0.05) is 49.1 Å². The molecule has 0 atom stereocenters. The molecule has 7 heteroatoms. The molecule has 0 unspecified atom stereocenters. The lowest BCUT2D eigenvalue weighted by atomic mass is 10.1. The zero-order chi connectivity index (χ0) is 54.5. The number of para-hydroxylation sites is 5. The van der Waals surface area contributed by atoms with E-state index in [1.54, 1.807) is 0 Å². The number of hydrogen-bond acceptors (Lipinski definition) is 3. The predicted octanol–water partition coefficient (Wildman–Crippen LogP) is 13.9. The van der Waals surface area contributed by atoms with Crippen LogP contribution in [0.3, 0.4) is 0 Å². The third kappa shape index (κ3) is 6.69. The SMILES string of the molecule is [2H]c1c([2H])c([2H])c(-c2nc(-c3cccc([Si](c4ccccc4)(c4ccccc4)c4ccccc4)c3)nc(-n3c4ccccc4c4cccc(-n5c6ccccc6c6ccc(-n7c8ccccc8c8ccccc87)cc65)c43)n2)c([2H])c1[2H]. The Hall–Kier alpha value is -9.95. The Morgan fingerprint density at radius 2 is 0.763 bits per heavy atom. The van der Waals surface area contributed by atoms with E-state index in [1.165, 1.54) is 26.3 Å². The van der Waals surface area contributed by atoms with Crippen molar-refractivity contribution in [3.63, 3.8) is 0 Å². The first-order valence-corrected chi connectivity index (χ1v) is 27.4. The molecular weight excluding hydrogens is 941 g/mol. The molecule has 15 aromatic rings. The molecule has 76 heavy (non-hydrogen) atoms. The average molecular weight is 992 g/mol. The highest BCUT2D eigenvalue weighted by Crippen LogP contribution is 2.41. The lowest BCUT2D eigenvalue weighted by molar-refractivity contribution is 0.950. The summed E-state index contributed by atoms with van der Waals surface area (Å²) >= 11 is 0. The van der Waals surface area contributed by atoms with E-state index < -0.39 is 38.3 Å². The molecule has 0 aliphatic carbocycles. The lowest BCUT2D eigenvalue weighted by Crippen LogP contribution is -2.74. The van der Waals surface area contributed by atoms with Crippen LogP contribution in [0.2, 0.25) is 0 Å². The Kier molecular flexibility index (Phi) is 8.96. The van der Waals surface area contributed by atoms with E-state index in [1.807, 2.05) is 42.5 Å². The largest absolute Gasteiger partial charge is 0.309 e. The fourth-order valence-electron chi connectivity index (χ4n) is 12.0. The zero-order valence-corrected chi connectivity index (χ0v) is 41.9. The minimum absolute atomic E-state index is 0.0498. The number of benzene rings is 11. The van der Waals surface area contributed by atoms with Crippen molar-refractivity contribution in [1.29, 1.82) is 0 Å². The van der Waals surface area contributed by atoms with E-state index >= 15 is 0 Å². The van der Waals surface area contributed by atoms with Crippen molar-refractivity contribution in [3.8, 4) is 40.1 Å². The zero-order valence-electron chi connectivity index (χ0n) is 45.9. The monoisotopic (exact) mass is 991 g/mol. The van der Waals surface area contributed by atoms with Gasteiger partial charge < -0.3 is 9.13 Å². The van der Waals surface area contributed by atoms with Crippen LogP contribution in [0.25, 0.3) is 106 Å². The highest BCUT2D eigenvalue weighted by Gasteiger charge is 2.41. The Balaban J connectivity index is 1.03. The summed E-state index contributed by atoms with van der Waals surface area (Å²) in [5.41, 5.74) is 8.29. The summed E-state index contributed by atoms with van der Waals surface area (Å²) < 4.78 is 51.7. The Morgan fingerprint density at radius 3 is 1.34 bits per heavy atom. The van der Waals surface area contributed by atoms with Crippen molar-refractivity contribution in [3.05, 3.63) is 279 Å². The van der Waals surface area contributed by atoms with Gasteiger partial charge >= 0.3 is 0 Å². The number of rotatable bonds is 9. The van der Waals surface area contributed by atoms with Gasteiger partial charge in [-0.05, 0) is 63.2 Å². The first-order valence-electron chi connectivity index (χ1n) is 27.9. The molecule has 4 aromatic heterocycles. The second kappa shape index (κ2) is 17.6.